The highest BCUT2D eigenvalue weighted by Gasteiger charge is 2.37. The summed E-state index contributed by atoms with van der Waals surface area (Å²) in [5.74, 6) is 0.247. The van der Waals surface area contributed by atoms with Crippen molar-refractivity contribution in [2.24, 2.45) is 0 Å². The van der Waals surface area contributed by atoms with Crippen LogP contribution in [-0.4, -0.2) is 45.2 Å². The van der Waals surface area contributed by atoms with E-state index in [9.17, 15) is 8.42 Å². The molecule has 0 bridgehead atoms. The molecule has 1 rings (SSSR count). The zero-order chi connectivity index (χ0) is 15.1. The molecule has 0 aromatic heterocycles. The molecule has 1 saturated heterocycles. The van der Waals surface area contributed by atoms with Gasteiger partial charge in [-0.2, -0.15) is 0 Å². The molecule has 0 aromatic rings. The molecule has 2 unspecified atom stereocenters. The molecule has 0 saturated carbocycles. The Morgan fingerprint density at radius 2 is 2.20 bits per heavy atom. The number of sulfone groups is 1. The number of hydrogen-bond donors (Lipinski definition) is 1. The summed E-state index contributed by atoms with van der Waals surface area (Å²) in [6.07, 6.45) is 9.22. The van der Waals surface area contributed by atoms with Gasteiger partial charge < -0.3 is 10.1 Å². The van der Waals surface area contributed by atoms with Crippen LogP contribution in [0.4, 0.5) is 0 Å². The smallest absolute Gasteiger partial charge is 0.147 e. The van der Waals surface area contributed by atoms with Crippen LogP contribution in [0.1, 0.15) is 45.4 Å². The number of rotatable bonds is 10. The third kappa shape index (κ3) is 6.37. The largest absolute Gasteiger partial charge is 0.374 e. The molecule has 5 heteroatoms. The number of hydrogen-bond acceptors (Lipinski definition) is 4. The molecule has 1 heterocycles. The van der Waals surface area contributed by atoms with Crippen LogP contribution in [0.3, 0.4) is 0 Å². The van der Waals surface area contributed by atoms with Crippen LogP contribution < -0.4 is 5.32 Å². The number of ether oxygens (including phenoxy) is 1. The topological polar surface area (TPSA) is 55.4 Å². The molecule has 0 amide bonds. The van der Waals surface area contributed by atoms with Crippen molar-refractivity contribution < 1.29 is 13.2 Å². The summed E-state index contributed by atoms with van der Waals surface area (Å²) in [5.41, 5.74) is -0.105. The van der Waals surface area contributed by atoms with Crippen LogP contribution in [0.2, 0.25) is 0 Å². The zero-order valence-electron chi connectivity index (χ0n) is 12.9. The summed E-state index contributed by atoms with van der Waals surface area (Å²) < 4.78 is 28.2. The molecule has 1 aliphatic rings. The van der Waals surface area contributed by atoms with Gasteiger partial charge in [-0.15, -0.1) is 6.58 Å². The van der Waals surface area contributed by atoms with Crippen molar-refractivity contribution >= 4 is 9.84 Å². The van der Waals surface area contributed by atoms with E-state index >= 15 is 0 Å². The van der Waals surface area contributed by atoms with Crippen molar-refractivity contribution in [2.75, 3.05) is 25.2 Å². The van der Waals surface area contributed by atoms with Crippen molar-refractivity contribution in [3.05, 3.63) is 12.7 Å². The van der Waals surface area contributed by atoms with E-state index in [1.165, 1.54) is 6.26 Å². The third-order valence-corrected chi connectivity index (χ3v) is 5.00. The Morgan fingerprint density at radius 1 is 1.45 bits per heavy atom. The maximum absolute atomic E-state index is 11.1. The summed E-state index contributed by atoms with van der Waals surface area (Å²) in [6.45, 7) is 7.49. The first kappa shape index (κ1) is 17.7. The SMILES string of the molecule is C=CCCCC(NCCCS(C)(=O)=O)C1(C)CCCO1. The summed E-state index contributed by atoms with van der Waals surface area (Å²) in [4.78, 5) is 0. The minimum atomic E-state index is -2.86. The summed E-state index contributed by atoms with van der Waals surface area (Å²) in [7, 11) is -2.86. The number of unbranched alkanes of at least 4 members (excludes halogenated alkanes) is 1. The highest BCUT2D eigenvalue weighted by Crippen LogP contribution is 2.31. The molecule has 0 aliphatic carbocycles. The summed E-state index contributed by atoms with van der Waals surface area (Å²) >= 11 is 0. The molecule has 1 N–H and O–H groups in total. The third-order valence-electron chi connectivity index (χ3n) is 3.97. The zero-order valence-corrected chi connectivity index (χ0v) is 13.7. The molecule has 1 aliphatic heterocycles. The maximum atomic E-state index is 11.1. The average molecular weight is 303 g/mol. The predicted octanol–water partition coefficient (Wildman–Crippen LogP) is 2.30. The normalized spacial score (nSPS) is 24.7. The predicted molar refractivity (Wildman–Crippen MR) is 83.8 cm³/mol. The van der Waals surface area contributed by atoms with Gasteiger partial charge in [-0.25, -0.2) is 8.42 Å². The second kappa shape index (κ2) is 8.15. The fourth-order valence-corrected chi connectivity index (χ4v) is 3.44. The van der Waals surface area contributed by atoms with Crippen molar-refractivity contribution in [3.8, 4) is 0 Å². The van der Waals surface area contributed by atoms with Gasteiger partial charge in [0.05, 0.1) is 11.4 Å². The van der Waals surface area contributed by atoms with Crippen molar-refractivity contribution in [2.45, 2.75) is 57.1 Å². The van der Waals surface area contributed by atoms with Gasteiger partial charge in [-0.1, -0.05) is 6.08 Å². The first-order chi connectivity index (χ1) is 9.37. The molecule has 2 atom stereocenters. The van der Waals surface area contributed by atoms with Gasteiger partial charge >= 0.3 is 0 Å². The Hall–Kier alpha value is -0.390. The van der Waals surface area contributed by atoms with Gasteiger partial charge in [0.25, 0.3) is 0 Å². The van der Waals surface area contributed by atoms with Gasteiger partial charge in [0, 0.05) is 18.9 Å². The molecule has 4 nitrogen and oxygen atoms in total. The average Bonchev–Trinajstić information content (AvgIpc) is 2.79. The maximum Gasteiger partial charge on any atom is 0.147 e. The lowest BCUT2D eigenvalue weighted by molar-refractivity contribution is -0.0142. The lowest BCUT2D eigenvalue weighted by Crippen LogP contribution is -2.48. The quantitative estimate of drug-likeness (QED) is 0.497. The first-order valence-electron chi connectivity index (χ1n) is 7.53. The Kier molecular flexibility index (Phi) is 7.20. The van der Waals surface area contributed by atoms with Crippen molar-refractivity contribution in [1.29, 1.82) is 0 Å². The second-order valence-electron chi connectivity index (χ2n) is 5.97. The fraction of sp³-hybridized carbons (Fsp3) is 0.867. The first-order valence-corrected chi connectivity index (χ1v) is 9.59. The molecular formula is C15H29NO3S. The van der Waals surface area contributed by atoms with E-state index in [-0.39, 0.29) is 11.4 Å². The van der Waals surface area contributed by atoms with Crippen LogP contribution in [0.25, 0.3) is 0 Å². The molecule has 1 fully saturated rings. The Labute approximate surface area is 123 Å². The van der Waals surface area contributed by atoms with E-state index in [2.05, 4.69) is 18.8 Å². The summed E-state index contributed by atoms with van der Waals surface area (Å²) in [5, 5.41) is 3.51. The Balaban J connectivity index is 2.43. The second-order valence-corrected chi connectivity index (χ2v) is 8.23. The van der Waals surface area contributed by atoms with Gasteiger partial charge in [0.15, 0.2) is 0 Å². The molecular weight excluding hydrogens is 274 g/mol. The highest BCUT2D eigenvalue weighted by molar-refractivity contribution is 7.90. The van der Waals surface area contributed by atoms with E-state index < -0.39 is 9.84 Å². The fourth-order valence-electron chi connectivity index (χ4n) is 2.78. The van der Waals surface area contributed by atoms with Gasteiger partial charge in [0.1, 0.15) is 9.84 Å². The molecule has 0 radical (unpaired) electrons. The van der Waals surface area contributed by atoms with Crippen LogP contribution in [0, 0.1) is 0 Å². The molecule has 20 heavy (non-hydrogen) atoms. The van der Waals surface area contributed by atoms with Crippen LogP contribution >= 0.6 is 0 Å². The van der Waals surface area contributed by atoms with Crippen molar-refractivity contribution in [3.63, 3.8) is 0 Å². The van der Waals surface area contributed by atoms with E-state index in [1.54, 1.807) is 0 Å². The van der Waals surface area contributed by atoms with E-state index in [0.717, 1.165) is 45.3 Å². The van der Waals surface area contributed by atoms with Gasteiger partial charge in [-0.3, -0.25) is 0 Å². The highest BCUT2D eigenvalue weighted by atomic mass is 32.2. The monoisotopic (exact) mass is 303 g/mol. The molecule has 118 valence electrons. The number of nitrogens with one attached hydrogen (secondary N) is 1. The minimum absolute atomic E-state index is 0.105. The Bertz CT molecular complexity index is 386. The molecule has 0 aromatic carbocycles. The number of allylic oxidation sites excluding steroid dienone is 1. The van der Waals surface area contributed by atoms with Crippen LogP contribution in [-0.2, 0) is 14.6 Å². The standard InChI is InChI=1S/C15H29NO3S/c1-4-5-6-9-14(15(2)10-7-12-19-15)16-11-8-13-20(3,17)18/h4,14,16H,1,5-13H2,2-3H3. The van der Waals surface area contributed by atoms with Gasteiger partial charge in [-0.05, 0) is 52.0 Å². The van der Waals surface area contributed by atoms with E-state index in [4.69, 9.17) is 4.74 Å². The molecule has 0 spiro atoms. The minimum Gasteiger partial charge on any atom is -0.374 e. The van der Waals surface area contributed by atoms with E-state index in [0.29, 0.717) is 12.5 Å². The van der Waals surface area contributed by atoms with Gasteiger partial charge in [0.2, 0.25) is 0 Å². The van der Waals surface area contributed by atoms with Crippen LogP contribution in [0.5, 0.6) is 0 Å². The summed E-state index contributed by atoms with van der Waals surface area (Å²) in [6, 6.07) is 0.296. The lowest BCUT2D eigenvalue weighted by atomic mass is 9.89. The van der Waals surface area contributed by atoms with Crippen LogP contribution in [0.15, 0.2) is 12.7 Å². The van der Waals surface area contributed by atoms with Crippen molar-refractivity contribution in [1.82, 2.24) is 5.32 Å². The Morgan fingerprint density at radius 3 is 2.75 bits per heavy atom. The van der Waals surface area contributed by atoms with E-state index in [1.807, 2.05) is 6.08 Å². The lowest BCUT2D eigenvalue weighted by Gasteiger charge is -2.34.